The molecule has 0 saturated carbocycles. The second kappa shape index (κ2) is 4.56. The average Bonchev–Trinajstić information content (AvgIpc) is 2.72. The third-order valence-electron chi connectivity index (χ3n) is 3.66. The van der Waals surface area contributed by atoms with Crippen molar-refractivity contribution in [3.05, 3.63) is 40.4 Å². The Morgan fingerprint density at radius 1 is 1.40 bits per heavy atom. The van der Waals surface area contributed by atoms with E-state index in [2.05, 4.69) is 0 Å². The van der Waals surface area contributed by atoms with Gasteiger partial charge in [-0.15, -0.1) is 11.8 Å². The second-order valence-corrected chi connectivity index (χ2v) is 6.20. The van der Waals surface area contributed by atoms with E-state index >= 15 is 0 Å². The topological polar surface area (TPSA) is 77.8 Å². The molecule has 0 radical (unpaired) electrons. The predicted molar refractivity (Wildman–Crippen MR) is 73.9 cm³/mol. The summed E-state index contributed by atoms with van der Waals surface area (Å²) in [6, 6.07) is 6.91. The van der Waals surface area contributed by atoms with Gasteiger partial charge in [0.1, 0.15) is 11.4 Å². The Hall–Kier alpha value is -1.95. The first kappa shape index (κ1) is 13.1. The van der Waals surface area contributed by atoms with Crippen LogP contribution in [0.25, 0.3) is 0 Å². The van der Waals surface area contributed by atoms with Gasteiger partial charge >= 0.3 is 5.97 Å². The predicted octanol–water partition coefficient (Wildman–Crippen LogP) is 1.78. The Balaban J connectivity index is 1.80. The zero-order valence-corrected chi connectivity index (χ0v) is 11.6. The third kappa shape index (κ3) is 1.79. The molecule has 2 N–H and O–H groups in total. The highest BCUT2D eigenvalue weighted by molar-refractivity contribution is 8.04. The summed E-state index contributed by atoms with van der Waals surface area (Å²) >= 11 is 1.41. The number of carboxylic acids is 1. The van der Waals surface area contributed by atoms with Gasteiger partial charge in [0.15, 0.2) is 0 Å². The molecule has 1 aromatic rings. The molecule has 20 heavy (non-hydrogen) atoms. The number of thioether (sulfide) groups is 1. The number of aromatic hydroxyl groups is 1. The van der Waals surface area contributed by atoms with Crippen molar-refractivity contribution in [2.75, 3.05) is 0 Å². The van der Waals surface area contributed by atoms with E-state index in [4.69, 9.17) is 5.11 Å². The van der Waals surface area contributed by atoms with Crippen LogP contribution in [-0.2, 0) is 16.0 Å². The number of hydrogen-bond acceptors (Lipinski definition) is 4. The molecule has 1 saturated heterocycles. The zero-order chi connectivity index (χ0) is 14.4. The number of carbonyl (C=O) groups excluding carboxylic acids is 1. The van der Waals surface area contributed by atoms with Gasteiger partial charge in [0.25, 0.3) is 0 Å². The second-order valence-electron chi connectivity index (χ2n) is 4.87. The maximum atomic E-state index is 12.2. The minimum Gasteiger partial charge on any atom is -0.508 e. The minimum atomic E-state index is -1.06. The van der Waals surface area contributed by atoms with Crippen molar-refractivity contribution in [2.45, 2.75) is 18.7 Å². The molecule has 3 rings (SSSR count). The first-order valence-electron chi connectivity index (χ1n) is 6.21. The molecule has 1 fully saturated rings. The largest absolute Gasteiger partial charge is 0.508 e. The molecular formula is C14H13NO4S. The van der Waals surface area contributed by atoms with Gasteiger partial charge in [-0.3, -0.25) is 9.69 Å². The number of phenolic OH excluding ortho intramolecular Hbond substituents is 1. The lowest BCUT2D eigenvalue weighted by Gasteiger charge is -2.42. The Kier molecular flexibility index (Phi) is 2.97. The maximum Gasteiger partial charge on any atom is 0.353 e. The van der Waals surface area contributed by atoms with Gasteiger partial charge in [-0.2, -0.15) is 0 Å². The number of carboxylic acid groups (broad SMARTS) is 1. The van der Waals surface area contributed by atoms with Crippen molar-refractivity contribution in [3.8, 4) is 5.75 Å². The summed E-state index contributed by atoms with van der Waals surface area (Å²) in [5.74, 6) is -1.35. The smallest absolute Gasteiger partial charge is 0.353 e. The van der Waals surface area contributed by atoms with Crippen LogP contribution in [-0.4, -0.2) is 32.4 Å². The highest BCUT2D eigenvalue weighted by Crippen LogP contribution is 2.50. The number of amides is 1. The van der Waals surface area contributed by atoms with E-state index in [9.17, 15) is 14.7 Å². The van der Waals surface area contributed by atoms with Crippen LogP contribution < -0.4 is 0 Å². The van der Waals surface area contributed by atoms with Crippen LogP contribution in [0.15, 0.2) is 34.9 Å². The molecule has 2 atom stereocenters. The highest BCUT2D eigenvalue weighted by atomic mass is 32.2. The zero-order valence-electron chi connectivity index (χ0n) is 10.7. The molecule has 104 valence electrons. The summed E-state index contributed by atoms with van der Waals surface area (Å²) in [7, 11) is 0. The Bertz CT molecular complexity index is 640. The lowest BCUT2D eigenvalue weighted by atomic mass is 9.89. The Morgan fingerprint density at radius 2 is 2.10 bits per heavy atom. The molecule has 0 bridgehead atoms. The molecule has 2 heterocycles. The van der Waals surface area contributed by atoms with Gasteiger partial charge in [0.2, 0.25) is 5.91 Å². The average molecular weight is 291 g/mol. The molecule has 0 aromatic heterocycles. The first-order valence-corrected chi connectivity index (χ1v) is 7.09. The molecule has 0 aliphatic carbocycles. The molecule has 2 aliphatic rings. The van der Waals surface area contributed by atoms with E-state index in [1.165, 1.54) is 16.7 Å². The van der Waals surface area contributed by atoms with Crippen LogP contribution in [0, 0.1) is 5.92 Å². The summed E-state index contributed by atoms with van der Waals surface area (Å²) < 4.78 is 0. The summed E-state index contributed by atoms with van der Waals surface area (Å²) in [6.45, 7) is 1.72. The van der Waals surface area contributed by atoms with Gasteiger partial charge in [0, 0.05) is 4.91 Å². The van der Waals surface area contributed by atoms with Crippen LogP contribution in [0.3, 0.4) is 0 Å². The van der Waals surface area contributed by atoms with Crippen molar-refractivity contribution in [3.63, 3.8) is 0 Å². The number of carbonyl (C=O) groups is 2. The molecule has 0 spiro atoms. The third-order valence-corrected chi connectivity index (χ3v) is 4.99. The molecule has 2 aliphatic heterocycles. The SMILES string of the molecule is CC1=C(C(=O)O)N2C(=O)C(Cc3ccccc3O)[C@H]2S1. The molecule has 1 unspecified atom stereocenters. The number of allylic oxidation sites excluding steroid dienone is 1. The van der Waals surface area contributed by atoms with Crippen molar-refractivity contribution >= 4 is 23.6 Å². The van der Waals surface area contributed by atoms with Gasteiger partial charge in [-0.1, -0.05) is 18.2 Å². The number of fused-ring (bicyclic) bond motifs is 1. The summed E-state index contributed by atoms with van der Waals surface area (Å²) in [6.07, 6.45) is 0.430. The fourth-order valence-electron chi connectivity index (χ4n) is 2.66. The van der Waals surface area contributed by atoms with Crippen LogP contribution >= 0.6 is 11.8 Å². The van der Waals surface area contributed by atoms with Crippen LogP contribution in [0.1, 0.15) is 12.5 Å². The number of nitrogens with zero attached hydrogens (tertiary/aromatic N) is 1. The molecule has 1 aromatic carbocycles. The number of β-lactam (4-membered cyclic amide) rings is 1. The van der Waals surface area contributed by atoms with Gasteiger partial charge < -0.3 is 10.2 Å². The summed E-state index contributed by atoms with van der Waals surface area (Å²) in [4.78, 5) is 25.3. The van der Waals surface area contributed by atoms with Crippen molar-refractivity contribution in [2.24, 2.45) is 5.92 Å². The van der Waals surface area contributed by atoms with E-state index in [1.807, 2.05) is 6.07 Å². The minimum absolute atomic E-state index is 0.0959. The monoisotopic (exact) mass is 291 g/mol. The number of hydrogen-bond donors (Lipinski definition) is 2. The lowest BCUT2D eigenvalue weighted by molar-refractivity contribution is -0.151. The molecule has 5 nitrogen and oxygen atoms in total. The van der Waals surface area contributed by atoms with Crippen LogP contribution in [0.5, 0.6) is 5.75 Å². The fraction of sp³-hybridized carbons (Fsp3) is 0.286. The number of para-hydroxylation sites is 1. The Morgan fingerprint density at radius 3 is 2.75 bits per heavy atom. The Labute approximate surface area is 119 Å². The van der Waals surface area contributed by atoms with Gasteiger partial charge in [0.05, 0.1) is 11.3 Å². The number of aliphatic carboxylic acids is 1. The quantitative estimate of drug-likeness (QED) is 0.830. The molecular weight excluding hydrogens is 278 g/mol. The van der Waals surface area contributed by atoms with Crippen LogP contribution in [0.4, 0.5) is 0 Å². The van der Waals surface area contributed by atoms with Gasteiger partial charge in [-0.25, -0.2) is 4.79 Å². The highest BCUT2D eigenvalue weighted by Gasteiger charge is 2.54. The van der Waals surface area contributed by atoms with Crippen molar-refractivity contribution in [1.82, 2.24) is 4.90 Å². The summed E-state index contributed by atoms with van der Waals surface area (Å²) in [5, 5.41) is 18.7. The van der Waals surface area contributed by atoms with Crippen molar-refractivity contribution in [1.29, 1.82) is 0 Å². The first-order chi connectivity index (χ1) is 9.50. The summed E-state index contributed by atoms with van der Waals surface area (Å²) in [5.41, 5.74) is 0.811. The normalized spacial score (nSPS) is 24.6. The van der Waals surface area contributed by atoms with E-state index in [0.717, 1.165) is 0 Å². The van der Waals surface area contributed by atoms with E-state index in [-0.39, 0.29) is 28.6 Å². The van der Waals surface area contributed by atoms with Crippen LogP contribution in [0.2, 0.25) is 0 Å². The maximum absolute atomic E-state index is 12.2. The van der Waals surface area contributed by atoms with Crippen molar-refractivity contribution < 1.29 is 19.8 Å². The number of phenols is 1. The number of benzene rings is 1. The lowest BCUT2D eigenvalue weighted by Crippen LogP contribution is -2.57. The number of rotatable bonds is 3. The molecule has 6 heteroatoms. The van der Waals surface area contributed by atoms with E-state index in [0.29, 0.717) is 16.9 Å². The van der Waals surface area contributed by atoms with E-state index < -0.39 is 5.97 Å². The molecule has 1 amide bonds. The van der Waals surface area contributed by atoms with Gasteiger partial charge in [-0.05, 0) is 25.0 Å². The fourth-order valence-corrected chi connectivity index (χ4v) is 4.02. The van der Waals surface area contributed by atoms with E-state index in [1.54, 1.807) is 25.1 Å². The standard InChI is InChI=1S/C14H13NO4S/c1-7-11(14(18)19)15-12(17)9(13(15)20-7)6-8-4-2-3-5-10(8)16/h2-5,9,13,16H,6H2,1H3,(H,18,19)/t9?,13-/m1/s1.